The number of para-hydroxylation sites is 3. The first kappa shape index (κ1) is 45.6. The van der Waals surface area contributed by atoms with Crippen LogP contribution in [0.3, 0.4) is 0 Å². The van der Waals surface area contributed by atoms with Crippen molar-refractivity contribution in [1.29, 1.82) is 0 Å². The second-order valence-electron chi connectivity index (χ2n) is 21.5. The largest absolute Gasteiger partial charge is 0.509 e. The van der Waals surface area contributed by atoms with E-state index in [-0.39, 0.29) is 37.3 Å². The van der Waals surface area contributed by atoms with Crippen LogP contribution < -0.4 is 14.5 Å². The number of benzene rings is 6. The zero-order chi connectivity index (χ0) is 49.6. The number of hydrogen-bond donors (Lipinski definition) is 0. The van der Waals surface area contributed by atoms with Crippen LogP contribution in [0, 0.1) is 25.4 Å². The third-order valence-electron chi connectivity index (χ3n) is 12.9. The Morgan fingerprint density at radius 1 is 0.647 bits per heavy atom. The van der Waals surface area contributed by atoms with Crippen LogP contribution in [0.4, 0.5) is 28.4 Å². The van der Waals surface area contributed by atoms with Gasteiger partial charge in [-0.15, -0.1) is 53.6 Å². The molecular formula is C61H62N5OPt-3. The van der Waals surface area contributed by atoms with Gasteiger partial charge in [0, 0.05) is 64.1 Å². The summed E-state index contributed by atoms with van der Waals surface area (Å²) in [4.78, 5) is 13.1. The van der Waals surface area contributed by atoms with Crippen LogP contribution in [0.25, 0.3) is 43.6 Å². The summed E-state index contributed by atoms with van der Waals surface area (Å²) in [6.07, 6.45) is 1.88. The number of rotatable bonds is 8. The molecule has 0 saturated heterocycles. The van der Waals surface area contributed by atoms with Crippen LogP contribution in [0.5, 0.6) is 11.5 Å². The maximum Gasteiger partial charge on any atom is 0.187 e. The van der Waals surface area contributed by atoms with Gasteiger partial charge in [0.2, 0.25) is 0 Å². The predicted octanol–water partition coefficient (Wildman–Crippen LogP) is 17.3. The van der Waals surface area contributed by atoms with E-state index < -0.39 is 11.8 Å². The molecule has 68 heavy (non-hydrogen) atoms. The van der Waals surface area contributed by atoms with Gasteiger partial charge < -0.3 is 19.1 Å². The van der Waals surface area contributed by atoms with E-state index in [1.54, 1.807) is 12.1 Å². The Morgan fingerprint density at radius 3 is 1.85 bits per heavy atom. The summed E-state index contributed by atoms with van der Waals surface area (Å²) in [5, 5.41) is 2.11. The molecule has 9 rings (SSSR count). The zero-order valence-electron chi connectivity index (χ0n) is 43.6. The molecule has 0 bridgehead atoms. The van der Waals surface area contributed by atoms with Crippen molar-refractivity contribution >= 4 is 50.2 Å². The number of aromatic nitrogens is 2. The normalized spacial score (nSPS) is 13.8. The van der Waals surface area contributed by atoms with Crippen LogP contribution in [-0.4, -0.2) is 9.55 Å². The summed E-state index contributed by atoms with van der Waals surface area (Å²) in [6, 6.07) is 46.9. The molecule has 0 spiro atoms. The van der Waals surface area contributed by atoms with Crippen LogP contribution in [0.1, 0.15) is 132 Å². The zero-order valence-corrected chi connectivity index (χ0v) is 43.9. The minimum absolute atomic E-state index is 0. The van der Waals surface area contributed by atoms with Crippen LogP contribution in [0.15, 0.2) is 121 Å². The van der Waals surface area contributed by atoms with Gasteiger partial charge >= 0.3 is 0 Å². The number of hydrogen-bond acceptors (Lipinski definition) is 4. The van der Waals surface area contributed by atoms with E-state index in [4.69, 9.17) is 16.3 Å². The van der Waals surface area contributed by atoms with Crippen molar-refractivity contribution in [2.24, 2.45) is 0 Å². The van der Waals surface area contributed by atoms with Crippen molar-refractivity contribution < 1.29 is 28.5 Å². The number of anilines is 4. The van der Waals surface area contributed by atoms with E-state index in [1.807, 2.05) is 52.1 Å². The van der Waals surface area contributed by atoms with Crippen molar-refractivity contribution in [2.45, 2.75) is 118 Å². The van der Waals surface area contributed by atoms with Crippen molar-refractivity contribution in [2.75, 3.05) is 9.80 Å². The first-order chi connectivity index (χ1) is 32.3. The first-order valence-corrected chi connectivity index (χ1v) is 23.2. The number of ether oxygens (including phenoxy) is 1. The Morgan fingerprint density at radius 2 is 1.25 bits per heavy atom. The molecule has 2 aromatic heterocycles. The van der Waals surface area contributed by atoms with Gasteiger partial charge in [0.05, 0.1) is 6.57 Å². The summed E-state index contributed by atoms with van der Waals surface area (Å²) in [6.45, 7) is 37.7. The van der Waals surface area contributed by atoms with Gasteiger partial charge in [0.15, 0.2) is 5.69 Å². The van der Waals surface area contributed by atoms with E-state index in [9.17, 15) is 2.74 Å². The van der Waals surface area contributed by atoms with E-state index >= 15 is 0 Å². The van der Waals surface area contributed by atoms with E-state index in [0.717, 1.165) is 55.8 Å². The maximum absolute atomic E-state index is 9.45. The molecule has 0 radical (unpaired) electrons. The predicted molar refractivity (Wildman–Crippen MR) is 280 cm³/mol. The standard InChI is InChI=1S/C61H62N5O.Pt/c1-38(2)51-33-44(62-14)34-52(39(3)4)58(51)40-27-45(64-37-65(55-22-18-17-21-54(55)64)46-30-42(60(8,9)10)29-43(31-46)61(11,12)13)35-48(28-40)67-47-23-24-50-49-19-15-16-20-53(49)66(56(50)36-47)57-32-41(25-26-63-57)59(5,6)7;/h15-34,37-39H,1-13H3;/q-3;/i38D,39D;. The van der Waals surface area contributed by atoms with E-state index in [1.165, 1.54) is 16.7 Å². The van der Waals surface area contributed by atoms with Gasteiger partial charge in [-0.1, -0.05) is 144 Å². The summed E-state index contributed by atoms with van der Waals surface area (Å²) in [5.74, 6) is -0.517. The van der Waals surface area contributed by atoms with Crippen LogP contribution in [-0.2, 0) is 37.3 Å². The molecule has 0 N–H and O–H groups in total. The van der Waals surface area contributed by atoms with Gasteiger partial charge in [-0.05, 0) is 109 Å². The van der Waals surface area contributed by atoms with Crippen LogP contribution >= 0.6 is 0 Å². The fourth-order valence-corrected chi connectivity index (χ4v) is 9.07. The fraction of sp³-hybridized carbons (Fsp3) is 0.295. The summed E-state index contributed by atoms with van der Waals surface area (Å²) < 4.78 is 28.0. The molecule has 8 aromatic rings. The third-order valence-corrected chi connectivity index (χ3v) is 12.9. The minimum Gasteiger partial charge on any atom is -0.509 e. The Kier molecular flexibility index (Phi) is 12.1. The first-order valence-electron chi connectivity index (χ1n) is 24.2. The molecule has 0 aliphatic carbocycles. The molecule has 350 valence electrons. The van der Waals surface area contributed by atoms with E-state index in [0.29, 0.717) is 34.0 Å². The minimum atomic E-state index is -1.12. The molecule has 0 fully saturated rings. The van der Waals surface area contributed by atoms with Gasteiger partial charge in [-0.2, -0.15) is 6.07 Å². The third kappa shape index (κ3) is 9.11. The van der Waals surface area contributed by atoms with E-state index in [2.05, 4.69) is 185 Å². The SMILES string of the molecule is [2H]C(C)(C)c1cc([N+]#[C-])cc(C([2H])(C)C)c1-c1cc(Oc2[c-]c3c(cc2)c2ccccc2n3-c2cc(C(C)(C)C)ccn2)[c-]c(N2[CH-]N(c3cc(C(C)(C)C)cc(C(C)(C)C)c3)c3ccccc32)c1.[Pt]. The molecule has 1 aliphatic rings. The molecule has 0 saturated carbocycles. The summed E-state index contributed by atoms with van der Waals surface area (Å²) in [5.41, 5.74) is 12.2. The molecular weight excluding hydrogens is 1010 g/mol. The molecule has 6 nitrogen and oxygen atoms in total. The van der Waals surface area contributed by atoms with Gasteiger partial charge in [-0.3, -0.25) is 0 Å². The van der Waals surface area contributed by atoms with Gasteiger partial charge in [0.1, 0.15) is 5.82 Å². The Balaban J connectivity index is 0.00000659. The van der Waals surface area contributed by atoms with Crippen molar-refractivity contribution in [3.05, 3.63) is 179 Å². The van der Waals surface area contributed by atoms with Crippen LogP contribution in [0.2, 0.25) is 0 Å². The second kappa shape index (κ2) is 18.1. The quantitative estimate of drug-likeness (QED) is 0.142. The molecule has 0 atom stereocenters. The van der Waals surface area contributed by atoms with Crippen molar-refractivity contribution in [3.63, 3.8) is 0 Å². The maximum atomic E-state index is 9.45. The molecule has 0 amide bonds. The van der Waals surface area contributed by atoms with Gasteiger partial charge in [-0.25, -0.2) is 9.83 Å². The molecule has 6 aromatic carbocycles. The number of fused-ring (bicyclic) bond motifs is 4. The summed E-state index contributed by atoms with van der Waals surface area (Å²) >= 11 is 0. The Labute approximate surface area is 421 Å². The Bertz CT molecular complexity index is 3280. The van der Waals surface area contributed by atoms with Gasteiger partial charge in [0.25, 0.3) is 0 Å². The smallest absolute Gasteiger partial charge is 0.187 e. The average molecular weight is 1080 g/mol. The molecule has 0 unspecified atom stereocenters. The average Bonchev–Trinajstić information content (AvgIpc) is 3.83. The monoisotopic (exact) mass is 1080 g/mol. The summed E-state index contributed by atoms with van der Waals surface area (Å²) in [7, 11) is 0. The topological polar surface area (TPSA) is 37.9 Å². The van der Waals surface area contributed by atoms with Crippen molar-refractivity contribution in [1.82, 2.24) is 9.55 Å². The number of nitrogens with zero attached hydrogens (tertiary/aromatic N) is 5. The molecule has 7 heteroatoms. The molecule has 1 aliphatic heterocycles. The van der Waals surface area contributed by atoms with Crippen molar-refractivity contribution in [3.8, 4) is 28.4 Å². The Hall–Kier alpha value is -6.15. The second-order valence-corrected chi connectivity index (χ2v) is 21.5. The number of pyridine rings is 1. The fourth-order valence-electron chi connectivity index (χ4n) is 9.07. The molecule has 3 heterocycles.